The highest BCUT2D eigenvalue weighted by molar-refractivity contribution is 5.89. The molecule has 1 aliphatic heterocycles. The number of carbonyl (C=O) groups is 1. The number of benzene rings is 1. The third kappa shape index (κ3) is 2.49. The van der Waals surface area contributed by atoms with Crippen molar-refractivity contribution in [2.45, 2.75) is 44.1 Å². The lowest BCUT2D eigenvalue weighted by molar-refractivity contribution is -0.122. The van der Waals surface area contributed by atoms with Gasteiger partial charge in [0.25, 0.3) is 0 Å². The molecular formula is C16H21NO. The van der Waals surface area contributed by atoms with E-state index in [2.05, 4.69) is 29.6 Å². The van der Waals surface area contributed by atoms with E-state index in [1.807, 2.05) is 6.07 Å². The third-order valence-electron chi connectivity index (χ3n) is 4.29. The highest BCUT2D eigenvalue weighted by Gasteiger charge is 2.45. The minimum atomic E-state index is 0.131. The van der Waals surface area contributed by atoms with E-state index in [1.165, 1.54) is 24.8 Å². The molecule has 2 heteroatoms. The van der Waals surface area contributed by atoms with Crippen LogP contribution in [-0.2, 0) is 4.79 Å². The van der Waals surface area contributed by atoms with Crippen LogP contribution in [0.2, 0.25) is 0 Å². The van der Waals surface area contributed by atoms with E-state index in [0.717, 1.165) is 19.4 Å². The molecule has 18 heavy (non-hydrogen) atoms. The van der Waals surface area contributed by atoms with Crippen LogP contribution in [0.4, 0.5) is 0 Å². The van der Waals surface area contributed by atoms with Crippen molar-refractivity contribution in [2.24, 2.45) is 5.92 Å². The molecule has 2 aliphatic rings. The lowest BCUT2D eigenvalue weighted by atomic mass is 10.0. The summed E-state index contributed by atoms with van der Waals surface area (Å²) in [4.78, 5) is 12.4. The Kier molecular flexibility index (Phi) is 3.46. The number of rotatable bonds is 3. The van der Waals surface area contributed by atoms with Gasteiger partial charge in [0.15, 0.2) is 5.78 Å². The van der Waals surface area contributed by atoms with Gasteiger partial charge in [0.1, 0.15) is 0 Å². The van der Waals surface area contributed by atoms with Crippen molar-refractivity contribution >= 4 is 5.78 Å². The van der Waals surface area contributed by atoms with Crippen LogP contribution in [0.15, 0.2) is 30.3 Å². The predicted molar refractivity (Wildman–Crippen MR) is 72.6 cm³/mol. The second kappa shape index (κ2) is 5.23. The predicted octanol–water partition coefficient (Wildman–Crippen LogP) is 2.89. The van der Waals surface area contributed by atoms with E-state index in [9.17, 15) is 4.79 Å². The minimum Gasteiger partial charge on any atom is -0.307 e. The zero-order valence-electron chi connectivity index (χ0n) is 10.8. The standard InChI is InChI=1S/C16H21NO/c18-16(15-9-5-2-6-10-17-15)14-11-13(14)12-7-3-1-4-8-12/h1,3-4,7-8,13-15,17H,2,5-6,9-11H2. The number of carbonyl (C=O) groups excluding carboxylic acids is 1. The van der Waals surface area contributed by atoms with Gasteiger partial charge in [0, 0.05) is 5.92 Å². The van der Waals surface area contributed by atoms with Gasteiger partial charge in [-0.25, -0.2) is 0 Å². The molecule has 2 nitrogen and oxygen atoms in total. The maximum absolute atomic E-state index is 12.4. The molecule has 0 spiro atoms. The molecule has 0 radical (unpaired) electrons. The largest absolute Gasteiger partial charge is 0.307 e. The Balaban J connectivity index is 1.61. The monoisotopic (exact) mass is 243 g/mol. The number of hydrogen-bond acceptors (Lipinski definition) is 2. The van der Waals surface area contributed by atoms with E-state index in [0.29, 0.717) is 11.7 Å². The van der Waals surface area contributed by atoms with Gasteiger partial charge >= 0.3 is 0 Å². The highest BCUT2D eigenvalue weighted by atomic mass is 16.1. The minimum absolute atomic E-state index is 0.131. The molecule has 1 aliphatic carbocycles. The molecule has 1 saturated heterocycles. The Morgan fingerprint density at radius 3 is 2.78 bits per heavy atom. The van der Waals surface area contributed by atoms with Crippen molar-refractivity contribution < 1.29 is 4.79 Å². The quantitative estimate of drug-likeness (QED) is 0.884. The first-order chi connectivity index (χ1) is 8.86. The van der Waals surface area contributed by atoms with Gasteiger partial charge in [-0.3, -0.25) is 4.79 Å². The summed E-state index contributed by atoms with van der Waals surface area (Å²) in [5.74, 6) is 1.23. The van der Waals surface area contributed by atoms with E-state index in [-0.39, 0.29) is 12.0 Å². The third-order valence-corrected chi connectivity index (χ3v) is 4.29. The highest BCUT2D eigenvalue weighted by Crippen LogP contribution is 2.48. The molecule has 1 aromatic rings. The van der Waals surface area contributed by atoms with Crippen molar-refractivity contribution in [3.8, 4) is 0 Å². The lowest BCUT2D eigenvalue weighted by Gasteiger charge is -2.14. The molecule has 0 amide bonds. The van der Waals surface area contributed by atoms with Crippen molar-refractivity contribution in [3.63, 3.8) is 0 Å². The fraction of sp³-hybridized carbons (Fsp3) is 0.562. The summed E-state index contributed by atoms with van der Waals surface area (Å²) in [6.45, 7) is 1.01. The van der Waals surface area contributed by atoms with E-state index in [1.54, 1.807) is 0 Å². The Hall–Kier alpha value is -1.15. The van der Waals surface area contributed by atoms with Crippen molar-refractivity contribution in [1.82, 2.24) is 5.32 Å². The molecule has 1 aromatic carbocycles. The smallest absolute Gasteiger partial charge is 0.153 e. The van der Waals surface area contributed by atoms with Crippen LogP contribution in [0.5, 0.6) is 0 Å². The number of hydrogen-bond donors (Lipinski definition) is 1. The zero-order valence-corrected chi connectivity index (χ0v) is 10.8. The van der Waals surface area contributed by atoms with Gasteiger partial charge in [-0.15, -0.1) is 0 Å². The van der Waals surface area contributed by atoms with Crippen LogP contribution in [0, 0.1) is 5.92 Å². The average molecular weight is 243 g/mol. The van der Waals surface area contributed by atoms with Crippen LogP contribution >= 0.6 is 0 Å². The summed E-state index contributed by atoms with van der Waals surface area (Å²) in [5.41, 5.74) is 1.34. The van der Waals surface area contributed by atoms with Crippen molar-refractivity contribution in [2.75, 3.05) is 6.54 Å². The maximum atomic E-state index is 12.4. The number of nitrogens with one attached hydrogen (secondary N) is 1. The zero-order chi connectivity index (χ0) is 12.4. The van der Waals surface area contributed by atoms with Crippen molar-refractivity contribution in [1.29, 1.82) is 0 Å². The van der Waals surface area contributed by atoms with Gasteiger partial charge in [-0.2, -0.15) is 0 Å². The Morgan fingerprint density at radius 2 is 1.94 bits per heavy atom. The second-order valence-electron chi connectivity index (χ2n) is 5.62. The molecule has 2 fully saturated rings. The maximum Gasteiger partial charge on any atom is 0.153 e. The lowest BCUT2D eigenvalue weighted by Crippen LogP contribution is -2.37. The van der Waals surface area contributed by atoms with Crippen LogP contribution in [0.1, 0.15) is 43.6 Å². The summed E-state index contributed by atoms with van der Waals surface area (Å²) in [5, 5.41) is 3.43. The number of Topliss-reactive ketones (excluding diaryl/α,β-unsaturated/α-hetero) is 1. The molecule has 1 saturated carbocycles. The Bertz CT molecular complexity index is 406. The molecule has 0 aromatic heterocycles. The molecular weight excluding hydrogens is 222 g/mol. The summed E-state index contributed by atoms with van der Waals surface area (Å²) < 4.78 is 0. The molecule has 1 heterocycles. The molecule has 0 bridgehead atoms. The number of ketones is 1. The Labute approximate surface area is 109 Å². The molecule has 3 atom stereocenters. The summed E-state index contributed by atoms with van der Waals surface area (Å²) in [7, 11) is 0. The van der Waals surface area contributed by atoms with Crippen LogP contribution < -0.4 is 5.32 Å². The summed E-state index contributed by atoms with van der Waals surface area (Å²) in [6.07, 6.45) is 5.78. The van der Waals surface area contributed by atoms with Crippen molar-refractivity contribution in [3.05, 3.63) is 35.9 Å². The van der Waals surface area contributed by atoms with E-state index in [4.69, 9.17) is 0 Å². The first kappa shape index (κ1) is 11.9. The van der Waals surface area contributed by atoms with Crippen LogP contribution in [0.3, 0.4) is 0 Å². The first-order valence-corrected chi connectivity index (χ1v) is 7.18. The van der Waals surface area contributed by atoms with Gasteiger partial charge in [0.05, 0.1) is 6.04 Å². The van der Waals surface area contributed by atoms with E-state index < -0.39 is 0 Å². The molecule has 1 N–H and O–H groups in total. The van der Waals surface area contributed by atoms with Gasteiger partial charge in [-0.1, -0.05) is 43.2 Å². The molecule has 3 unspecified atom stereocenters. The van der Waals surface area contributed by atoms with E-state index >= 15 is 0 Å². The Morgan fingerprint density at radius 1 is 1.11 bits per heavy atom. The molecule has 96 valence electrons. The van der Waals surface area contributed by atoms with Gasteiger partial charge < -0.3 is 5.32 Å². The average Bonchev–Trinajstić information content (AvgIpc) is 3.23. The van der Waals surface area contributed by atoms with Crippen LogP contribution in [0.25, 0.3) is 0 Å². The normalized spacial score (nSPS) is 31.7. The topological polar surface area (TPSA) is 29.1 Å². The van der Waals surface area contributed by atoms with Crippen LogP contribution in [-0.4, -0.2) is 18.4 Å². The summed E-state index contributed by atoms with van der Waals surface area (Å²) >= 11 is 0. The van der Waals surface area contributed by atoms with Gasteiger partial charge in [0.2, 0.25) is 0 Å². The second-order valence-corrected chi connectivity index (χ2v) is 5.62. The fourth-order valence-electron chi connectivity index (χ4n) is 3.11. The first-order valence-electron chi connectivity index (χ1n) is 7.18. The van der Waals surface area contributed by atoms with Gasteiger partial charge in [-0.05, 0) is 37.3 Å². The fourth-order valence-corrected chi connectivity index (χ4v) is 3.11. The summed E-state index contributed by atoms with van der Waals surface area (Å²) in [6, 6.07) is 10.6. The molecule has 3 rings (SSSR count). The SMILES string of the molecule is O=C(C1CCCCCN1)C1CC1c1ccccc1.